The number of amides is 5. The number of halogens is 4. The number of hydrogen-bond acceptors (Lipinski definition) is 6. The number of nitrogens with zero attached hydrogens (tertiary/aromatic N) is 2. The average Bonchev–Trinajstić information content (AvgIpc) is 3.11. The third-order valence-electron chi connectivity index (χ3n) is 6.48. The minimum Gasteiger partial charge on any atom is -0.425 e. The zero-order chi connectivity index (χ0) is 28.5. The molecule has 0 radical (unpaired) electrons. The molecule has 39 heavy (non-hydrogen) atoms. The van der Waals surface area contributed by atoms with Gasteiger partial charge in [0.2, 0.25) is 11.5 Å². The van der Waals surface area contributed by atoms with E-state index in [-0.39, 0.29) is 24.3 Å². The Morgan fingerprint density at radius 1 is 1.15 bits per heavy atom. The lowest BCUT2D eigenvalue weighted by Crippen LogP contribution is -2.52. The first-order valence-electron chi connectivity index (χ1n) is 11.7. The summed E-state index contributed by atoms with van der Waals surface area (Å²) in [5.74, 6) is -2.76. The molecule has 2 atom stereocenters. The summed E-state index contributed by atoms with van der Waals surface area (Å²) in [6.45, 7) is -1.15. The van der Waals surface area contributed by atoms with Gasteiger partial charge in [-0.1, -0.05) is 18.2 Å². The van der Waals surface area contributed by atoms with Crippen LogP contribution >= 0.6 is 0 Å². The lowest BCUT2D eigenvalue weighted by Gasteiger charge is -2.33. The Morgan fingerprint density at radius 3 is 2.49 bits per heavy atom. The van der Waals surface area contributed by atoms with Crippen LogP contribution in [0.4, 0.5) is 32.8 Å². The highest BCUT2D eigenvalue weighted by Gasteiger charge is 2.58. The van der Waals surface area contributed by atoms with E-state index in [2.05, 4.69) is 10.6 Å². The fourth-order valence-corrected chi connectivity index (χ4v) is 4.34. The average molecular weight is 552 g/mol. The van der Waals surface area contributed by atoms with Gasteiger partial charge in [0.05, 0.1) is 6.61 Å². The zero-order valence-electron chi connectivity index (χ0n) is 20.8. The van der Waals surface area contributed by atoms with Crippen molar-refractivity contribution < 1.29 is 46.2 Å². The predicted octanol–water partition coefficient (Wildman–Crippen LogP) is 3.26. The van der Waals surface area contributed by atoms with Gasteiger partial charge in [0.25, 0.3) is 5.91 Å². The van der Waals surface area contributed by atoms with Gasteiger partial charge in [-0.3, -0.25) is 9.59 Å². The molecular weight excluding hydrogens is 528 g/mol. The number of hydrogen-bond donors (Lipinski definition) is 2. The summed E-state index contributed by atoms with van der Waals surface area (Å²) in [5, 5.41) is 4.95. The summed E-state index contributed by atoms with van der Waals surface area (Å²) in [4.78, 5) is 51.9. The van der Waals surface area contributed by atoms with E-state index in [1.165, 1.54) is 37.4 Å². The molecule has 0 saturated carbocycles. The first kappa shape index (κ1) is 27.8. The summed E-state index contributed by atoms with van der Waals surface area (Å²) >= 11 is 0. The maximum absolute atomic E-state index is 13.6. The summed E-state index contributed by atoms with van der Waals surface area (Å²) in [5.41, 5.74) is -0.684. The fraction of sp³-hybridized carbons (Fsp3) is 0.360. The third kappa shape index (κ3) is 5.50. The monoisotopic (exact) mass is 552 g/mol. The van der Waals surface area contributed by atoms with Gasteiger partial charge in [0, 0.05) is 24.8 Å². The van der Waals surface area contributed by atoms with Crippen LogP contribution in [0.5, 0.6) is 0 Å². The van der Waals surface area contributed by atoms with Crippen LogP contribution in [-0.2, 0) is 37.8 Å². The highest BCUT2D eigenvalue weighted by Crippen LogP contribution is 2.41. The van der Waals surface area contributed by atoms with Gasteiger partial charge in [0.15, 0.2) is 0 Å². The Kier molecular flexibility index (Phi) is 7.50. The van der Waals surface area contributed by atoms with Gasteiger partial charge in [-0.15, -0.1) is 0 Å². The molecule has 2 N–H and O–H groups in total. The number of rotatable bonds is 6. The Hall–Kier alpha value is -4.20. The molecule has 1 saturated heterocycles. The van der Waals surface area contributed by atoms with Gasteiger partial charge in [-0.2, -0.15) is 13.2 Å². The van der Waals surface area contributed by atoms with Gasteiger partial charge >= 0.3 is 18.3 Å². The van der Waals surface area contributed by atoms with Crippen LogP contribution in [0.2, 0.25) is 0 Å². The van der Waals surface area contributed by atoms with Crippen molar-refractivity contribution in [2.45, 2.75) is 37.9 Å². The smallest absolute Gasteiger partial charge is 0.418 e. The summed E-state index contributed by atoms with van der Waals surface area (Å²) in [6.07, 6.45) is -6.04. The lowest BCUT2D eigenvalue weighted by atomic mass is 9.87. The molecule has 2 heterocycles. The molecule has 10 nitrogen and oxygen atoms in total. The molecule has 1 unspecified atom stereocenters. The number of fused-ring (bicyclic) bond motifs is 2. The van der Waals surface area contributed by atoms with Crippen molar-refractivity contribution in [3.8, 4) is 0 Å². The summed E-state index contributed by atoms with van der Waals surface area (Å²) in [6, 6.07) is 6.23. The molecule has 14 heteroatoms. The standard InChI is InChI=1S/C25H24F4N4O6/c1-14(25(27,28)29)32(10-15-3-5-17(26)6-4-15)20(34)11-33-21(35)24(39-23(33)37)13-38-12-16-9-18(7-8-19(16)24)31-22(36)30-2/h3-9,14H,10-13H2,1-2H3,(H2,30,31,36)/t14?,24-/m1/s1. The van der Waals surface area contributed by atoms with Crippen LogP contribution in [-0.4, -0.2) is 66.2 Å². The van der Waals surface area contributed by atoms with Crippen LogP contribution in [0.3, 0.4) is 0 Å². The molecule has 0 aliphatic carbocycles. The van der Waals surface area contributed by atoms with E-state index < -0.39 is 60.7 Å². The Labute approximate surface area is 219 Å². The van der Waals surface area contributed by atoms with Gasteiger partial charge in [-0.05, 0) is 42.3 Å². The summed E-state index contributed by atoms with van der Waals surface area (Å²) < 4.78 is 65.0. The number of nitrogens with one attached hydrogen (secondary N) is 2. The number of imide groups is 1. The Balaban J connectivity index is 1.59. The van der Waals surface area contributed by atoms with Crippen molar-refractivity contribution in [3.05, 3.63) is 65.0 Å². The van der Waals surface area contributed by atoms with E-state index in [0.717, 1.165) is 19.1 Å². The van der Waals surface area contributed by atoms with Crippen molar-refractivity contribution in [2.75, 3.05) is 25.5 Å². The minimum atomic E-state index is -4.82. The van der Waals surface area contributed by atoms with Crippen LogP contribution in [0.25, 0.3) is 0 Å². The van der Waals surface area contributed by atoms with Crippen molar-refractivity contribution in [1.29, 1.82) is 0 Å². The maximum atomic E-state index is 13.6. The second kappa shape index (κ2) is 10.5. The molecule has 2 aliphatic heterocycles. The van der Waals surface area contributed by atoms with Crippen LogP contribution in [0, 0.1) is 5.82 Å². The minimum absolute atomic E-state index is 0.0264. The SMILES string of the molecule is CNC(=O)Nc1ccc2c(c1)COC[C@@]21OC(=O)N(CC(=O)N(Cc2ccc(F)cc2)C(C)C(F)(F)F)C1=O. The van der Waals surface area contributed by atoms with Crippen molar-refractivity contribution >= 4 is 29.6 Å². The highest BCUT2D eigenvalue weighted by molar-refractivity contribution is 6.06. The number of anilines is 1. The van der Waals surface area contributed by atoms with E-state index in [1.54, 1.807) is 0 Å². The van der Waals surface area contributed by atoms with Gasteiger partial charge in [-0.25, -0.2) is 18.9 Å². The van der Waals surface area contributed by atoms with E-state index in [9.17, 15) is 36.7 Å². The van der Waals surface area contributed by atoms with Crippen molar-refractivity contribution in [2.24, 2.45) is 0 Å². The van der Waals surface area contributed by atoms with Crippen molar-refractivity contribution in [3.63, 3.8) is 0 Å². The molecule has 1 fully saturated rings. The number of ether oxygens (including phenoxy) is 2. The first-order valence-corrected chi connectivity index (χ1v) is 11.7. The Morgan fingerprint density at radius 2 is 1.85 bits per heavy atom. The number of carbonyl (C=O) groups is 4. The molecular formula is C25H24F4N4O6. The van der Waals surface area contributed by atoms with Crippen molar-refractivity contribution in [1.82, 2.24) is 15.1 Å². The van der Waals surface area contributed by atoms with E-state index >= 15 is 0 Å². The van der Waals surface area contributed by atoms with E-state index in [0.29, 0.717) is 21.1 Å². The molecule has 2 aromatic rings. The molecule has 0 aromatic heterocycles. The second-order valence-corrected chi connectivity index (χ2v) is 9.02. The topological polar surface area (TPSA) is 117 Å². The second-order valence-electron chi connectivity index (χ2n) is 9.02. The largest absolute Gasteiger partial charge is 0.425 e. The number of urea groups is 1. The van der Waals surface area contributed by atoms with Crippen LogP contribution in [0.1, 0.15) is 23.6 Å². The molecule has 5 amide bonds. The third-order valence-corrected chi connectivity index (χ3v) is 6.48. The lowest BCUT2D eigenvalue weighted by molar-refractivity contribution is -0.187. The molecule has 2 aromatic carbocycles. The predicted molar refractivity (Wildman–Crippen MR) is 127 cm³/mol. The molecule has 1 spiro atoms. The summed E-state index contributed by atoms with van der Waals surface area (Å²) in [7, 11) is 1.43. The van der Waals surface area contributed by atoms with Gasteiger partial charge in [0.1, 0.15) is 25.0 Å². The van der Waals surface area contributed by atoms with Gasteiger partial charge < -0.3 is 25.0 Å². The number of carbonyl (C=O) groups excluding carboxylic acids is 4. The normalized spacial score (nSPS) is 19.4. The molecule has 4 rings (SSSR count). The molecule has 0 bridgehead atoms. The first-order chi connectivity index (χ1) is 18.4. The fourth-order valence-electron chi connectivity index (χ4n) is 4.34. The van der Waals surface area contributed by atoms with Crippen LogP contribution < -0.4 is 10.6 Å². The quantitative estimate of drug-likeness (QED) is 0.532. The van der Waals surface area contributed by atoms with E-state index in [4.69, 9.17) is 9.47 Å². The molecule has 2 aliphatic rings. The number of alkyl halides is 3. The highest BCUT2D eigenvalue weighted by atomic mass is 19.4. The van der Waals surface area contributed by atoms with E-state index in [1.807, 2.05) is 0 Å². The maximum Gasteiger partial charge on any atom is 0.418 e. The molecule has 208 valence electrons. The Bertz CT molecular complexity index is 1300. The van der Waals surface area contributed by atoms with Crippen LogP contribution in [0.15, 0.2) is 42.5 Å². The number of benzene rings is 2. The zero-order valence-corrected chi connectivity index (χ0v) is 20.8.